The lowest BCUT2D eigenvalue weighted by molar-refractivity contribution is 0.256. The van der Waals surface area contributed by atoms with Gasteiger partial charge in [0.15, 0.2) is 0 Å². The number of nitrogens with two attached hydrogens (primary N) is 2. The number of urea groups is 1. The summed E-state index contributed by atoms with van der Waals surface area (Å²) in [5.41, 5.74) is 11.1. The molecule has 0 saturated carbocycles. The smallest absolute Gasteiger partial charge is 0.309 e. The summed E-state index contributed by atoms with van der Waals surface area (Å²) in [7, 11) is 0. The van der Waals surface area contributed by atoms with Crippen LogP contribution in [-0.4, -0.2) is 6.03 Å². The van der Waals surface area contributed by atoms with E-state index in [4.69, 9.17) is 4.79 Å². The van der Waals surface area contributed by atoms with Crippen LogP contribution < -0.4 is 11.5 Å². The Hall–Kier alpha value is -2.81. The molecule has 0 aromatic heterocycles. The lowest BCUT2D eigenvalue weighted by Crippen LogP contribution is -2.18. The average Bonchev–Trinajstić information content (AvgIpc) is 2.52. The standard InChI is InChI=1S/C12H10.2C2H4.CH4N2O/c1-3-7-11(8-4-1)12-9-5-2-6-10-12;2*1-2;2-1(3)4/h1-10H;2*1-2H2;(H4,2,3,4). The van der Waals surface area contributed by atoms with E-state index in [1.165, 1.54) is 11.1 Å². The van der Waals surface area contributed by atoms with Crippen molar-refractivity contribution < 1.29 is 4.79 Å². The Morgan fingerprint density at radius 1 is 0.650 bits per heavy atom. The van der Waals surface area contributed by atoms with Crippen LogP contribution in [0.25, 0.3) is 11.1 Å². The first-order chi connectivity index (χ1) is 9.70. The van der Waals surface area contributed by atoms with Gasteiger partial charge in [-0.2, -0.15) is 0 Å². The summed E-state index contributed by atoms with van der Waals surface area (Å²) >= 11 is 0. The molecule has 0 atom stereocenters. The van der Waals surface area contributed by atoms with E-state index in [1.54, 1.807) is 0 Å². The van der Waals surface area contributed by atoms with Crippen LogP contribution >= 0.6 is 0 Å². The summed E-state index contributed by atoms with van der Waals surface area (Å²) in [4.78, 5) is 9.00. The topological polar surface area (TPSA) is 69.1 Å². The highest BCUT2D eigenvalue weighted by Crippen LogP contribution is 2.17. The fourth-order valence-electron chi connectivity index (χ4n) is 1.26. The molecule has 0 bridgehead atoms. The maximum atomic E-state index is 9.00. The highest BCUT2D eigenvalue weighted by atomic mass is 16.2. The van der Waals surface area contributed by atoms with E-state index in [-0.39, 0.29) is 0 Å². The number of carbonyl (C=O) groups excluding carboxylic acids is 1. The summed E-state index contributed by atoms with van der Waals surface area (Å²) in [6, 6.07) is 19.9. The maximum Gasteiger partial charge on any atom is 0.309 e. The number of benzene rings is 2. The molecule has 3 heteroatoms. The van der Waals surface area contributed by atoms with Gasteiger partial charge in [0.2, 0.25) is 0 Å². The van der Waals surface area contributed by atoms with E-state index in [0.29, 0.717) is 0 Å². The van der Waals surface area contributed by atoms with Crippen molar-refractivity contribution in [2.75, 3.05) is 0 Å². The Kier molecular flexibility index (Phi) is 13.9. The minimum atomic E-state index is -0.833. The van der Waals surface area contributed by atoms with Gasteiger partial charge in [0, 0.05) is 0 Å². The maximum absolute atomic E-state index is 9.00. The average molecular weight is 270 g/mol. The van der Waals surface area contributed by atoms with Crippen LogP contribution in [0.1, 0.15) is 0 Å². The number of amides is 2. The summed E-state index contributed by atoms with van der Waals surface area (Å²) in [5.74, 6) is 0. The lowest BCUT2D eigenvalue weighted by Gasteiger charge is -1.98. The summed E-state index contributed by atoms with van der Waals surface area (Å²) in [6.07, 6.45) is 0. The zero-order valence-electron chi connectivity index (χ0n) is 11.7. The van der Waals surface area contributed by atoms with Crippen LogP contribution in [0.5, 0.6) is 0 Å². The van der Waals surface area contributed by atoms with Crippen LogP contribution in [0.2, 0.25) is 0 Å². The Labute approximate surface area is 121 Å². The van der Waals surface area contributed by atoms with Crippen molar-refractivity contribution >= 4 is 6.03 Å². The normalized spacial score (nSPS) is 7.40. The summed E-state index contributed by atoms with van der Waals surface area (Å²) in [5, 5.41) is 0. The van der Waals surface area contributed by atoms with Crippen molar-refractivity contribution in [2.24, 2.45) is 11.5 Å². The fourth-order valence-corrected chi connectivity index (χ4v) is 1.26. The van der Waals surface area contributed by atoms with Gasteiger partial charge >= 0.3 is 6.03 Å². The minimum Gasteiger partial charge on any atom is -0.352 e. The molecule has 2 aromatic rings. The molecule has 0 heterocycles. The third-order valence-electron chi connectivity index (χ3n) is 1.88. The zero-order chi connectivity index (χ0) is 15.8. The van der Waals surface area contributed by atoms with E-state index in [9.17, 15) is 0 Å². The first-order valence-electron chi connectivity index (χ1n) is 5.85. The van der Waals surface area contributed by atoms with Gasteiger partial charge in [-0.3, -0.25) is 0 Å². The summed E-state index contributed by atoms with van der Waals surface area (Å²) in [6.45, 7) is 12.0. The van der Waals surface area contributed by atoms with Crippen LogP contribution in [0.4, 0.5) is 4.79 Å². The van der Waals surface area contributed by atoms with Crippen LogP contribution in [0.15, 0.2) is 87.0 Å². The molecule has 106 valence electrons. The molecule has 0 aliphatic rings. The molecule has 2 rings (SSSR count). The quantitative estimate of drug-likeness (QED) is 0.756. The van der Waals surface area contributed by atoms with Gasteiger partial charge in [0.05, 0.1) is 0 Å². The second-order valence-corrected chi connectivity index (χ2v) is 3.13. The monoisotopic (exact) mass is 270 g/mol. The van der Waals surface area contributed by atoms with Gasteiger partial charge in [-0.15, -0.1) is 26.3 Å². The Morgan fingerprint density at radius 2 is 0.850 bits per heavy atom. The summed E-state index contributed by atoms with van der Waals surface area (Å²) < 4.78 is 0. The second-order valence-electron chi connectivity index (χ2n) is 3.13. The van der Waals surface area contributed by atoms with Crippen LogP contribution in [-0.2, 0) is 0 Å². The Balaban J connectivity index is 0. The number of carbonyl (C=O) groups is 1. The first-order valence-corrected chi connectivity index (χ1v) is 5.85. The molecule has 0 unspecified atom stereocenters. The van der Waals surface area contributed by atoms with Gasteiger partial charge in [0.25, 0.3) is 0 Å². The van der Waals surface area contributed by atoms with E-state index in [0.717, 1.165) is 0 Å². The van der Waals surface area contributed by atoms with Gasteiger partial charge < -0.3 is 11.5 Å². The van der Waals surface area contributed by atoms with Crippen LogP contribution in [0.3, 0.4) is 0 Å². The van der Waals surface area contributed by atoms with Crippen molar-refractivity contribution in [1.82, 2.24) is 0 Å². The molecule has 0 saturated heterocycles. The van der Waals surface area contributed by atoms with Crippen molar-refractivity contribution in [3.05, 3.63) is 87.0 Å². The SMILES string of the molecule is C=C.C=C.NC(N)=O.c1ccc(-c2ccccc2)cc1. The number of rotatable bonds is 1. The molecule has 20 heavy (non-hydrogen) atoms. The molecular weight excluding hydrogens is 248 g/mol. The van der Waals surface area contributed by atoms with Crippen molar-refractivity contribution in [3.8, 4) is 11.1 Å². The molecule has 4 N–H and O–H groups in total. The molecular formula is C17H22N2O. The highest BCUT2D eigenvalue weighted by molar-refractivity contribution is 5.69. The lowest BCUT2D eigenvalue weighted by atomic mass is 10.1. The van der Waals surface area contributed by atoms with E-state index in [1.807, 2.05) is 12.1 Å². The zero-order valence-corrected chi connectivity index (χ0v) is 11.7. The van der Waals surface area contributed by atoms with E-state index >= 15 is 0 Å². The third kappa shape index (κ3) is 10.4. The predicted octanol–water partition coefficient (Wildman–Crippen LogP) is 3.98. The Bertz CT molecular complexity index is 411. The number of hydrogen-bond donors (Lipinski definition) is 2. The molecule has 0 aliphatic heterocycles. The first kappa shape index (κ1) is 19.5. The molecule has 2 aromatic carbocycles. The van der Waals surface area contributed by atoms with Crippen molar-refractivity contribution in [1.29, 1.82) is 0 Å². The largest absolute Gasteiger partial charge is 0.352 e. The number of hydrogen-bond acceptors (Lipinski definition) is 1. The minimum absolute atomic E-state index is 0.833. The number of primary amides is 2. The molecule has 2 amide bonds. The molecule has 0 aliphatic carbocycles. The molecule has 0 radical (unpaired) electrons. The van der Waals surface area contributed by atoms with Gasteiger partial charge in [0.1, 0.15) is 0 Å². The third-order valence-corrected chi connectivity index (χ3v) is 1.88. The molecule has 0 fully saturated rings. The van der Waals surface area contributed by atoms with Gasteiger partial charge in [-0.05, 0) is 11.1 Å². The molecule has 3 nitrogen and oxygen atoms in total. The fraction of sp³-hybridized carbons (Fsp3) is 0. The van der Waals surface area contributed by atoms with E-state index in [2.05, 4.69) is 86.3 Å². The highest BCUT2D eigenvalue weighted by Gasteiger charge is 1.91. The van der Waals surface area contributed by atoms with Crippen LogP contribution in [0, 0.1) is 0 Å². The Morgan fingerprint density at radius 3 is 1.05 bits per heavy atom. The second kappa shape index (κ2) is 14.3. The van der Waals surface area contributed by atoms with Gasteiger partial charge in [-0.25, -0.2) is 4.79 Å². The van der Waals surface area contributed by atoms with Gasteiger partial charge in [-0.1, -0.05) is 60.7 Å². The van der Waals surface area contributed by atoms with Crippen molar-refractivity contribution in [3.63, 3.8) is 0 Å². The predicted molar refractivity (Wildman–Crippen MR) is 88.2 cm³/mol. The van der Waals surface area contributed by atoms with Crippen molar-refractivity contribution in [2.45, 2.75) is 0 Å². The van der Waals surface area contributed by atoms with E-state index < -0.39 is 6.03 Å². The molecule has 0 spiro atoms.